The van der Waals surface area contributed by atoms with Gasteiger partial charge in [-0.3, -0.25) is 0 Å². The van der Waals surface area contributed by atoms with Crippen molar-refractivity contribution in [3.05, 3.63) is 169 Å². The first kappa shape index (κ1) is 24.7. The summed E-state index contributed by atoms with van der Waals surface area (Å²) in [6.45, 7) is 0. The summed E-state index contributed by atoms with van der Waals surface area (Å²) in [6, 6.07) is 50.3. The second-order valence-corrected chi connectivity index (χ2v) is 13.0. The lowest BCUT2D eigenvalue weighted by Crippen LogP contribution is -2.76. The Kier molecular flexibility index (Phi) is 4.36. The molecule has 0 saturated carbocycles. The number of ether oxygens (including phenoxy) is 1. The number of nitrogens with zero attached hydrogens (tertiary/aromatic N) is 4. The van der Waals surface area contributed by atoms with Crippen LogP contribution in [0.25, 0.3) is 66.3 Å². The average Bonchev–Trinajstić information content (AvgIpc) is 3.82. The van der Waals surface area contributed by atoms with Crippen LogP contribution in [0.2, 0.25) is 0 Å². The molecular formula is C43H26N4O+2. The molecule has 0 amide bonds. The van der Waals surface area contributed by atoms with E-state index in [1.54, 1.807) is 0 Å². The Labute approximate surface area is 275 Å². The van der Waals surface area contributed by atoms with Crippen molar-refractivity contribution in [2.24, 2.45) is 0 Å². The van der Waals surface area contributed by atoms with E-state index in [0.717, 1.165) is 34.1 Å². The van der Waals surface area contributed by atoms with E-state index in [2.05, 4.69) is 177 Å². The molecule has 6 aromatic carbocycles. The van der Waals surface area contributed by atoms with E-state index in [4.69, 9.17) is 4.74 Å². The number of rotatable bonds is 2. The van der Waals surface area contributed by atoms with Gasteiger partial charge in [0.25, 0.3) is 5.82 Å². The SMILES string of the molecule is c1cc2c3c(c1)-n1cc(-c4ccc(-c5cccc6ccccc56)cc4)c[n+]1C31c3c(ccc4c5ccccc5n(c34)-c3cccc[n+]31)O2. The predicted molar refractivity (Wildman–Crippen MR) is 187 cm³/mol. The van der Waals surface area contributed by atoms with Crippen LogP contribution >= 0.6 is 0 Å². The second-order valence-electron chi connectivity index (χ2n) is 13.0. The molecule has 1 spiro atoms. The fourth-order valence-corrected chi connectivity index (χ4v) is 8.88. The molecule has 3 aliphatic heterocycles. The smallest absolute Gasteiger partial charge is 0.397 e. The van der Waals surface area contributed by atoms with Gasteiger partial charge < -0.3 is 4.74 Å². The second kappa shape index (κ2) is 8.46. The highest BCUT2D eigenvalue weighted by atomic mass is 16.5. The lowest BCUT2D eigenvalue weighted by atomic mass is 9.84. The Balaban J connectivity index is 1.13. The van der Waals surface area contributed by atoms with E-state index in [-0.39, 0.29) is 0 Å². The summed E-state index contributed by atoms with van der Waals surface area (Å²) in [5.74, 6) is 2.91. The molecule has 6 heterocycles. The standard InChI is InChI=1S/C43H26N4O/c1-2-11-31-28(9-1)10-7-13-32(31)29-20-18-27(19-21-29)30-25-45-36-15-8-16-37-40(36)43(46(45)26-30)41-38(48-37)23-22-34-33-12-3-4-14-35(33)47(42(34)41)39-17-5-6-24-44(39)43/h1-26H/q+2. The van der Waals surface area contributed by atoms with Crippen LogP contribution in [0.1, 0.15) is 11.1 Å². The summed E-state index contributed by atoms with van der Waals surface area (Å²) in [7, 11) is 0. The van der Waals surface area contributed by atoms with Crippen LogP contribution in [0.15, 0.2) is 158 Å². The third-order valence-corrected chi connectivity index (χ3v) is 10.8. The monoisotopic (exact) mass is 614 g/mol. The average molecular weight is 615 g/mol. The van der Waals surface area contributed by atoms with Crippen molar-refractivity contribution in [2.75, 3.05) is 0 Å². The Morgan fingerprint density at radius 3 is 2.27 bits per heavy atom. The maximum atomic E-state index is 6.79. The summed E-state index contributed by atoms with van der Waals surface area (Å²) in [5.41, 5.74) is 9.98. The van der Waals surface area contributed by atoms with Crippen molar-refractivity contribution < 1.29 is 14.0 Å². The minimum Gasteiger partial charge on any atom is -0.456 e. The molecular weight excluding hydrogens is 589 g/mol. The van der Waals surface area contributed by atoms with Gasteiger partial charge >= 0.3 is 5.66 Å². The molecule has 0 N–H and O–H groups in total. The van der Waals surface area contributed by atoms with Gasteiger partial charge in [0.05, 0.1) is 18.0 Å². The van der Waals surface area contributed by atoms with Crippen molar-refractivity contribution in [1.29, 1.82) is 0 Å². The Morgan fingerprint density at radius 1 is 0.562 bits per heavy atom. The summed E-state index contributed by atoms with van der Waals surface area (Å²) >= 11 is 0. The summed E-state index contributed by atoms with van der Waals surface area (Å²) in [6.07, 6.45) is 6.84. The van der Waals surface area contributed by atoms with Crippen molar-refractivity contribution in [1.82, 2.24) is 9.25 Å². The zero-order valence-corrected chi connectivity index (χ0v) is 25.7. The molecule has 0 aliphatic carbocycles. The number of benzene rings is 6. The van der Waals surface area contributed by atoms with Crippen LogP contribution in [0, 0.1) is 0 Å². The molecule has 3 aliphatic rings. The van der Waals surface area contributed by atoms with Gasteiger partial charge in [-0.1, -0.05) is 95.7 Å². The van der Waals surface area contributed by atoms with Gasteiger partial charge in [-0.05, 0) is 69.9 Å². The van der Waals surface area contributed by atoms with E-state index in [1.165, 1.54) is 54.8 Å². The van der Waals surface area contributed by atoms with Gasteiger partial charge in [0.15, 0.2) is 11.1 Å². The number of aromatic nitrogens is 4. The number of hydrogen-bond donors (Lipinski definition) is 0. The van der Waals surface area contributed by atoms with Gasteiger partial charge in [0.2, 0.25) is 6.20 Å². The van der Waals surface area contributed by atoms with Crippen LogP contribution < -0.4 is 14.0 Å². The predicted octanol–water partition coefficient (Wildman–Crippen LogP) is 8.67. The van der Waals surface area contributed by atoms with E-state index in [1.807, 2.05) is 0 Å². The molecule has 0 bridgehead atoms. The summed E-state index contributed by atoms with van der Waals surface area (Å²) < 4.78 is 16.4. The van der Waals surface area contributed by atoms with Crippen molar-refractivity contribution >= 4 is 32.6 Å². The molecule has 48 heavy (non-hydrogen) atoms. The van der Waals surface area contributed by atoms with Gasteiger partial charge in [0, 0.05) is 16.8 Å². The quantitative estimate of drug-likeness (QED) is 0.179. The van der Waals surface area contributed by atoms with Crippen LogP contribution in [-0.4, -0.2) is 9.25 Å². The molecule has 1 atom stereocenters. The number of pyridine rings is 1. The van der Waals surface area contributed by atoms with E-state index in [9.17, 15) is 0 Å². The zero-order chi connectivity index (χ0) is 31.1. The minimum atomic E-state index is -0.679. The minimum absolute atomic E-state index is 0.679. The fourth-order valence-electron chi connectivity index (χ4n) is 8.88. The Morgan fingerprint density at radius 2 is 1.33 bits per heavy atom. The number of para-hydroxylation sites is 1. The first-order valence-corrected chi connectivity index (χ1v) is 16.4. The van der Waals surface area contributed by atoms with E-state index in [0.29, 0.717) is 0 Å². The molecule has 0 fully saturated rings. The Hall–Kier alpha value is -6.46. The number of hydrogen-bond acceptors (Lipinski definition) is 1. The van der Waals surface area contributed by atoms with Gasteiger partial charge in [-0.2, -0.15) is 9.13 Å². The van der Waals surface area contributed by atoms with Crippen LogP contribution in [0.3, 0.4) is 0 Å². The number of fused-ring (bicyclic) bond motifs is 8. The molecule has 0 radical (unpaired) electrons. The van der Waals surface area contributed by atoms with Crippen molar-refractivity contribution in [3.8, 4) is 45.3 Å². The third-order valence-electron chi connectivity index (χ3n) is 10.8. The van der Waals surface area contributed by atoms with E-state index >= 15 is 0 Å². The van der Waals surface area contributed by atoms with Gasteiger partial charge in [-0.15, -0.1) is 4.68 Å². The largest absolute Gasteiger partial charge is 0.456 e. The Bertz CT molecular complexity index is 2870. The van der Waals surface area contributed by atoms with Crippen LogP contribution in [-0.2, 0) is 5.66 Å². The lowest BCUT2D eigenvalue weighted by molar-refractivity contribution is -0.993. The molecule has 9 aromatic rings. The highest BCUT2D eigenvalue weighted by molar-refractivity contribution is 6.11. The topological polar surface area (TPSA) is 26.8 Å². The van der Waals surface area contributed by atoms with Crippen molar-refractivity contribution in [2.45, 2.75) is 5.66 Å². The van der Waals surface area contributed by atoms with Gasteiger partial charge in [-0.25, -0.2) is 0 Å². The molecule has 1 unspecified atom stereocenters. The highest BCUT2D eigenvalue weighted by Crippen LogP contribution is 2.55. The molecule has 5 heteroatoms. The normalized spacial score (nSPS) is 16.2. The third kappa shape index (κ3) is 2.77. The fraction of sp³-hybridized carbons (Fsp3) is 0.0233. The van der Waals surface area contributed by atoms with Crippen LogP contribution in [0.4, 0.5) is 0 Å². The first-order chi connectivity index (χ1) is 23.8. The first-order valence-electron chi connectivity index (χ1n) is 16.4. The van der Waals surface area contributed by atoms with Crippen LogP contribution in [0.5, 0.6) is 11.5 Å². The molecule has 222 valence electrons. The summed E-state index contributed by atoms with van der Waals surface area (Å²) in [5, 5.41) is 5.00. The molecule has 5 nitrogen and oxygen atoms in total. The van der Waals surface area contributed by atoms with Crippen molar-refractivity contribution in [3.63, 3.8) is 0 Å². The van der Waals surface area contributed by atoms with E-state index < -0.39 is 5.66 Å². The van der Waals surface area contributed by atoms with Gasteiger partial charge in [0.1, 0.15) is 28.3 Å². The zero-order valence-electron chi connectivity index (χ0n) is 25.7. The summed E-state index contributed by atoms with van der Waals surface area (Å²) in [4.78, 5) is 0. The maximum absolute atomic E-state index is 6.79. The maximum Gasteiger partial charge on any atom is 0.397 e. The lowest BCUT2D eigenvalue weighted by Gasteiger charge is -2.32. The highest BCUT2D eigenvalue weighted by Gasteiger charge is 2.68. The molecule has 0 saturated heterocycles. The molecule has 3 aromatic heterocycles. The molecule has 12 rings (SSSR count).